The molecular formula is C20H23F3N2O3. The third-order valence-electron chi connectivity index (χ3n) is 5.80. The molecule has 1 aliphatic carbocycles. The number of hydrogen-bond acceptors (Lipinski definition) is 4. The van der Waals surface area contributed by atoms with Crippen molar-refractivity contribution in [2.75, 3.05) is 24.5 Å². The highest BCUT2D eigenvalue weighted by Gasteiger charge is 2.34. The van der Waals surface area contributed by atoms with Gasteiger partial charge in [-0.2, -0.15) is 13.2 Å². The molecule has 2 heterocycles. The minimum atomic E-state index is -4.46. The Bertz CT molecular complexity index is 869. The number of alkyl halides is 3. The number of hydrogen-bond donors (Lipinski definition) is 2. The first-order valence-corrected chi connectivity index (χ1v) is 9.68. The van der Waals surface area contributed by atoms with E-state index in [0.717, 1.165) is 44.2 Å². The minimum Gasteiger partial charge on any atom is -0.449 e. The number of carbonyl (C=O) groups is 1. The van der Waals surface area contributed by atoms with Crippen molar-refractivity contribution in [1.82, 2.24) is 5.32 Å². The predicted octanol–water partition coefficient (Wildman–Crippen LogP) is 3.94. The Labute approximate surface area is 160 Å². The van der Waals surface area contributed by atoms with Gasteiger partial charge in [0.1, 0.15) is 5.58 Å². The molecule has 2 aromatic rings. The number of carbonyl (C=O) groups excluding carboxylic acids is 1. The summed E-state index contributed by atoms with van der Waals surface area (Å²) in [6.45, 7) is 1.55. The second-order valence-electron chi connectivity index (χ2n) is 7.69. The number of fused-ring (bicyclic) bond motifs is 3. The van der Waals surface area contributed by atoms with E-state index in [1.54, 1.807) is 0 Å². The number of halogens is 3. The fourth-order valence-corrected chi connectivity index (χ4v) is 4.22. The number of anilines is 1. The molecule has 2 aliphatic rings. The van der Waals surface area contributed by atoms with Crippen molar-refractivity contribution in [2.24, 2.45) is 5.92 Å². The molecule has 0 unspecified atom stereocenters. The number of furan rings is 1. The predicted molar refractivity (Wildman–Crippen MR) is 98.3 cm³/mol. The Morgan fingerprint density at radius 3 is 2.68 bits per heavy atom. The van der Waals surface area contributed by atoms with Gasteiger partial charge in [0, 0.05) is 25.0 Å². The maximum Gasteiger partial charge on any atom is 0.416 e. The van der Waals surface area contributed by atoms with Crippen LogP contribution in [0.5, 0.6) is 0 Å². The largest absolute Gasteiger partial charge is 0.449 e. The Kier molecular flexibility index (Phi) is 4.99. The number of benzene rings is 1. The van der Waals surface area contributed by atoms with Crippen molar-refractivity contribution in [1.29, 1.82) is 0 Å². The van der Waals surface area contributed by atoms with E-state index >= 15 is 0 Å². The summed E-state index contributed by atoms with van der Waals surface area (Å²) in [4.78, 5) is 14.3. The monoisotopic (exact) mass is 396 g/mol. The van der Waals surface area contributed by atoms with Crippen molar-refractivity contribution in [3.63, 3.8) is 0 Å². The number of nitrogens with one attached hydrogen (secondary N) is 1. The zero-order chi connectivity index (χ0) is 19.9. The van der Waals surface area contributed by atoms with Gasteiger partial charge in [-0.3, -0.25) is 4.79 Å². The van der Waals surface area contributed by atoms with Gasteiger partial charge in [-0.05, 0) is 56.2 Å². The Balaban J connectivity index is 1.65. The van der Waals surface area contributed by atoms with E-state index in [0.29, 0.717) is 36.6 Å². The van der Waals surface area contributed by atoms with Crippen molar-refractivity contribution in [2.45, 2.75) is 44.4 Å². The van der Waals surface area contributed by atoms with Crippen LogP contribution in [-0.2, 0) is 6.18 Å². The molecule has 1 saturated carbocycles. The highest BCUT2D eigenvalue weighted by atomic mass is 19.4. The Morgan fingerprint density at radius 1 is 1.21 bits per heavy atom. The summed E-state index contributed by atoms with van der Waals surface area (Å²) in [7, 11) is 0. The van der Waals surface area contributed by atoms with E-state index in [-0.39, 0.29) is 17.4 Å². The second kappa shape index (κ2) is 7.31. The van der Waals surface area contributed by atoms with Crippen LogP contribution in [0, 0.1) is 5.92 Å². The first-order chi connectivity index (χ1) is 13.3. The second-order valence-corrected chi connectivity index (χ2v) is 7.69. The topological polar surface area (TPSA) is 65.7 Å². The summed E-state index contributed by atoms with van der Waals surface area (Å²) in [5.74, 6) is 0.150. The zero-order valence-corrected chi connectivity index (χ0v) is 15.4. The van der Waals surface area contributed by atoms with Gasteiger partial charge in [0.05, 0.1) is 17.4 Å². The maximum absolute atomic E-state index is 13.2. The highest BCUT2D eigenvalue weighted by molar-refractivity contribution is 6.07. The smallest absolute Gasteiger partial charge is 0.416 e. The standard InChI is InChI=1S/C20H23F3N2O3/c21-20(22,23)13-3-6-16-15(11-13)17-18(28-16)19(27)24-8-10-25(17)9-7-12-1-4-14(26)5-2-12/h3,6,11-12,14,26H,1-2,4-5,7-10H2,(H,24,27)/t12-,14+. The van der Waals surface area contributed by atoms with Crippen LogP contribution in [0.2, 0.25) is 0 Å². The molecule has 1 aliphatic heterocycles. The van der Waals surface area contributed by atoms with Gasteiger partial charge >= 0.3 is 6.18 Å². The lowest BCUT2D eigenvalue weighted by Crippen LogP contribution is -2.32. The Hall–Kier alpha value is -2.22. The lowest BCUT2D eigenvalue weighted by molar-refractivity contribution is -0.137. The number of aliphatic hydroxyl groups is 1. The van der Waals surface area contributed by atoms with Crippen molar-refractivity contribution >= 4 is 22.6 Å². The van der Waals surface area contributed by atoms with E-state index in [1.807, 2.05) is 4.90 Å². The molecule has 8 heteroatoms. The third kappa shape index (κ3) is 3.70. The number of rotatable bonds is 3. The summed E-state index contributed by atoms with van der Waals surface area (Å²) < 4.78 is 45.2. The lowest BCUT2D eigenvalue weighted by atomic mass is 9.85. The van der Waals surface area contributed by atoms with Crippen LogP contribution in [0.15, 0.2) is 22.6 Å². The average Bonchev–Trinajstić information content (AvgIpc) is 2.96. The molecule has 0 radical (unpaired) electrons. The fourth-order valence-electron chi connectivity index (χ4n) is 4.22. The maximum atomic E-state index is 13.2. The molecule has 1 aromatic carbocycles. The normalized spacial score (nSPS) is 23.4. The molecule has 0 saturated heterocycles. The Morgan fingerprint density at radius 2 is 1.96 bits per heavy atom. The molecule has 0 bridgehead atoms. The fraction of sp³-hybridized carbons (Fsp3) is 0.550. The van der Waals surface area contributed by atoms with Crippen LogP contribution in [0.4, 0.5) is 18.9 Å². The van der Waals surface area contributed by atoms with Crippen LogP contribution in [0.1, 0.15) is 48.2 Å². The molecule has 0 atom stereocenters. The molecule has 152 valence electrons. The number of nitrogens with zero attached hydrogens (tertiary/aromatic N) is 1. The van der Waals surface area contributed by atoms with E-state index in [2.05, 4.69) is 5.32 Å². The molecule has 28 heavy (non-hydrogen) atoms. The highest BCUT2D eigenvalue weighted by Crippen LogP contribution is 2.39. The molecule has 0 spiro atoms. The van der Waals surface area contributed by atoms with Gasteiger partial charge < -0.3 is 19.7 Å². The summed E-state index contributed by atoms with van der Waals surface area (Å²) in [5.41, 5.74) is -0.0257. The van der Waals surface area contributed by atoms with Gasteiger partial charge in [0.25, 0.3) is 5.91 Å². The zero-order valence-electron chi connectivity index (χ0n) is 15.4. The average molecular weight is 396 g/mol. The van der Waals surface area contributed by atoms with Crippen LogP contribution in [0.25, 0.3) is 11.0 Å². The van der Waals surface area contributed by atoms with E-state index in [4.69, 9.17) is 4.42 Å². The molecule has 2 N–H and O–H groups in total. The van der Waals surface area contributed by atoms with Crippen molar-refractivity contribution < 1.29 is 27.5 Å². The SMILES string of the molecule is O=C1NCCN(CC[C@H]2CC[C@@H](O)CC2)c2c1oc1ccc(C(F)(F)F)cc21. The molecular weight excluding hydrogens is 373 g/mol. The summed E-state index contributed by atoms with van der Waals surface area (Å²) in [6, 6.07) is 3.32. The molecule has 4 rings (SSSR count). The van der Waals surface area contributed by atoms with Crippen molar-refractivity contribution in [3.05, 3.63) is 29.5 Å². The molecule has 1 aromatic heterocycles. The molecule has 5 nitrogen and oxygen atoms in total. The first kappa shape index (κ1) is 19.1. The van der Waals surface area contributed by atoms with Crippen LogP contribution >= 0.6 is 0 Å². The molecule has 1 fully saturated rings. The summed E-state index contributed by atoms with van der Waals surface area (Å²) in [5, 5.41) is 12.7. The minimum absolute atomic E-state index is 0.0749. The third-order valence-corrected chi connectivity index (χ3v) is 5.80. The van der Waals surface area contributed by atoms with Crippen molar-refractivity contribution in [3.8, 4) is 0 Å². The number of amides is 1. The van der Waals surface area contributed by atoms with E-state index in [9.17, 15) is 23.1 Å². The van der Waals surface area contributed by atoms with Gasteiger partial charge in [-0.25, -0.2) is 0 Å². The van der Waals surface area contributed by atoms with Gasteiger partial charge in [-0.1, -0.05) is 0 Å². The van der Waals surface area contributed by atoms with Gasteiger partial charge in [0.2, 0.25) is 5.76 Å². The van der Waals surface area contributed by atoms with Gasteiger partial charge in [-0.15, -0.1) is 0 Å². The lowest BCUT2D eigenvalue weighted by Gasteiger charge is -2.29. The van der Waals surface area contributed by atoms with Gasteiger partial charge in [0.15, 0.2) is 0 Å². The van der Waals surface area contributed by atoms with Crippen LogP contribution < -0.4 is 10.2 Å². The first-order valence-electron chi connectivity index (χ1n) is 9.68. The van der Waals surface area contributed by atoms with E-state index in [1.165, 1.54) is 6.07 Å². The number of aliphatic hydroxyl groups excluding tert-OH is 1. The van der Waals surface area contributed by atoms with Crippen LogP contribution in [0.3, 0.4) is 0 Å². The van der Waals surface area contributed by atoms with E-state index < -0.39 is 17.6 Å². The summed E-state index contributed by atoms with van der Waals surface area (Å²) >= 11 is 0. The summed E-state index contributed by atoms with van der Waals surface area (Å²) in [6.07, 6.45) is -0.335. The molecule has 1 amide bonds. The quantitative estimate of drug-likeness (QED) is 0.825. The van der Waals surface area contributed by atoms with Crippen LogP contribution in [-0.4, -0.2) is 36.8 Å².